The summed E-state index contributed by atoms with van der Waals surface area (Å²) in [5, 5.41) is 14.4. The number of likely N-dealkylation sites (N-methyl/N-ethyl adjacent to an activating group) is 1. The van der Waals surface area contributed by atoms with Gasteiger partial charge in [-0.2, -0.15) is 0 Å². The number of methoxy groups -OCH3 is 4. The largest absolute Gasteiger partial charge is 0.496 e. The zero-order chi connectivity index (χ0) is 49.0. The van der Waals surface area contributed by atoms with Gasteiger partial charge < -0.3 is 43.6 Å². The molecule has 16 nitrogen and oxygen atoms in total. The van der Waals surface area contributed by atoms with E-state index in [4.69, 9.17) is 23.7 Å². The molecule has 2 N–H and O–H groups in total. The SMILES string of the molecule is CCC1=C[N@@+]2(CC(=O)N3CCC[C@H]3C(=O)OC)Cc3c([nH]c4ccccc34)[C@@](C(=O)OC)(c3cc4c(cc3OC)N(C)[C@H]3[C@@](O)(C(=O)OC)[C@H](OC(C)=O)[C@]5(CC)C=CCN6CC[C@]43[C@@H]65)C[C@@H](C1)C2. The molecule has 1 aromatic heterocycles. The highest BCUT2D eigenvalue weighted by Gasteiger charge is 2.80. The number of benzene rings is 2. The van der Waals surface area contributed by atoms with Crippen molar-refractivity contribution < 1.29 is 57.2 Å². The van der Waals surface area contributed by atoms with Crippen molar-refractivity contribution in [2.45, 2.75) is 113 Å². The van der Waals surface area contributed by atoms with E-state index in [1.165, 1.54) is 33.8 Å². The van der Waals surface area contributed by atoms with E-state index < -0.39 is 63.9 Å². The predicted molar refractivity (Wildman–Crippen MR) is 254 cm³/mol. The second-order valence-electron chi connectivity index (χ2n) is 20.8. The van der Waals surface area contributed by atoms with Crippen molar-refractivity contribution in [1.29, 1.82) is 0 Å². The van der Waals surface area contributed by atoms with Crippen LogP contribution in [-0.4, -0.2) is 152 Å². The number of esters is 4. The maximum Gasteiger partial charge on any atom is 0.344 e. The molecule has 2 bridgehead atoms. The first kappa shape index (κ1) is 47.0. The van der Waals surface area contributed by atoms with Crippen molar-refractivity contribution in [3.63, 3.8) is 0 Å². The molecule has 3 fully saturated rings. The van der Waals surface area contributed by atoms with E-state index in [9.17, 15) is 24.3 Å². The minimum Gasteiger partial charge on any atom is -0.496 e. The number of ether oxygens (including phenoxy) is 5. The second kappa shape index (κ2) is 16.7. The van der Waals surface area contributed by atoms with Crippen LogP contribution >= 0.6 is 0 Å². The van der Waals surface area contributed by atoms with Gasteiger partial charge in [-0.25, -0.2) is 9.59 Å². The van der Waals surface area contributed by atoms with Crippen LogP contribution in [0.2, 0.25) is 0 Å². The number of carbonyl (C=O) groups is 5. The van der Waals surface area contributed by atoms with Crippen LogP contribution in [0.4, 0.5) is 5.69 Å². The summed E-state index contributed by atoms with van der Waals surface area (Å²) in [4.78, 5) is 80.7. The van der Waals surface area contributed by atoms with Crippen molar-refractivity contribution in [2.75, 3.05) is 73.1 Å². The molecule has 2 saturated heterocycles. The number of allylic oxidation sites excluding steroid dienone is 1. The molecular formula is C53H66N5O11+. The highest BCUT2D eigenvalue weighted by Crippen LogP contribution is 2.68. The molecular weight excluding hydrogens is 883 g/mol. The first-order valence-corrected chi connectivity index (χ1v) is 24.6. The number of aromatic nitrogens is 1. The molecule has 7 aliphatic rings. The normalized spacial score (nSPS) is 34.1. The molecule has 1 saturated carbocycles. The van der Waals surface area contributed by atoms with E-state index in [0.717, 1.165) is 28.5 Å². The van der Waals surface area contributed by atoms with Crippen molar-refractivity contribution in [1.82, 2.24) is 14.8 Å². The highest BCUT2D eigenvalue weighted by atomic mass is 16.6. The lowest BCUT2D eigenvalue weighted by molar-refractivity contribution is -0.891. The van der Waals surface area contributed by atoms with Crippen molar-refractivity contribution in [3.8, 4) is 5.75 Å². The quantitative estimate of drug-likeness (QED) is 0.123. The molecule has 69 heavy (non-hydrogen) atoms. The lowest BCUT2D eigenvalue weighted by atomic mass is 9.47. The van der Waals surface area contributed by atoms with Gasteiger partial charge in [-0.1, -0.05) is 44.2 Å². The summed E-state index contributed by atoms with van der Waals surface area (Å²) >= 11 is 0. The molecule has 10 atom stereocenters. The van der Waals surface area contributed by atoms with Crippen LogP contribution in [0.1, 0.15) is 88.1 Å². The topological polar surface area (TPSA) is 177 Å². The van der Waals surface area contributed by atoms with Crippen LogP contribution in [0.5, 0.6) is 5.75 Å². The molecule has 1 spiro atoms. The Morgan fingerprint density at radius 1 is 0.957 bits per heavy atom. The Labute approximate surface area is 403 Å². The van der Waals surface area contributed by atoms with Crippen LogP contribution in [0.15, 0.2) is 60.3 Å². The van der Waals surface area contributed by atoms with Gasteiger partial charge in [-0.3, -0.25) is 23.8 Å². The zero-order valence-corrected chi connectivity index (χ0v) is 41.1. The molecule has 1 aliphatic carbocycles. The highest BCUT2D eigenvalue weighted by molar-refractivity contribution is 5.95. The number of H-pyrrole nitrogens is 1. The van der Waals surface area contributed by atoms with Crippen LogP contribution in [0.3, 0.4) is 0 Å². The third-order valence-electron chi connectivity index (χ3n) is 17.6. The lowest BCUT2D eigenvalue weighted by Gasteiger charge is -2.63. The molecule has 2 aromatic carbocycles. The Kier molecular flexibility index (Phi) is 11.4. The standard InChI is InChI=1S/C53H66N5O11/c1-9-32-23-33-26-52(48(62)67-7,43-35(34-15-11-12-16-38(34)54-43)29-58(27-32,28-33)30-42(60)57-21-13-17-39(57)44(61)66-6)37-24-36-40(25-41(37)65-5)55(4)46-51(36)19-22-56-20-14-18-50(10-2,45(51)56)47(69-31(3)59)53(46,64)49(63)68-8/h11-12,14-16,18,24-25,27,33,39,45-47,54,64H,9-10,13,17,19-23,26,28-30H2,1-8H3/q+1/t33-,39+,45+,46-,47-,50-,51-,52+,53+,58+/m1/s1. The summed E-state index contributed by atoms with van der Waals surface area (Å²) in [5.74, 6) is -2.23. The Hall–Kier alpha value is -5.71. The van der Waals surface area contributed by atoms with Gasteiger partial charge in [0, 0.05) is 89.3 Å². The van der Waals surface area contributed by atoms with Crippen LogP contribution in [0, 0.1) is 11.3 Å². The Balaban J connectivity index is 1.22. The number of para-hydroxylation sites is 1. The summed E-state index contributed by atoms with van der Waals surface area (Å²) in [6.45, 7) is 8.18. The number of rotatable bonds is 10. The van der Waals surface area contributed by atoms with Crippen molar-refractivity contribution in [3.05, 3.63) is 82.7 Å². The summed E-state index contributed by atoms with van der Waals surface area (Å²) in [6.07, 6.45) is 9.00. The van der Waals surface area contributed by atoms with E-state index in [0.29, 0.717) is 98.4 Å². The summed E-state index contributed by atoms with van der Waals surface area (Å²) in [6, 6.07) is 10.1. The van der Waals surface area contributed by atoms with E-state index >= 15 is 4.79 Å². The number of hydrogen-bond acceptors (Lipinski definition) is 13. The number of quaternary nitrogens is 1. The molecule has 0 radical (unpaired) electrons. The molecule has 368 valence electrons. The van der Waals surface area contributed by atoms with Crippen molar-refractivity contribution in [2.24, 2.45) is 11.3 Å². The van der Waals surface area contributed by atoms with E-state index in [2.05, 4.69) is 29.1 Å². The maximum absolute atomic E-state index is 15.6. The third kappa shape index (κ3) is 6.39. The fourth-order valence-corrected chi connectivity index (χ4v) is 15.3. The smallest absolute Gasteiger partial charge is 0.344 e. The van der Waals surface area contributed by atoms with Crippen LogP contribution in [-0.2, 0) is 60.3 Å². The minimum absolute atomic E-state index is 0.115. The fourth-order valence-electron chi connectivity index (χ4n) is 15.3. The molecule has 0 unspecified atom stereocenters. The summed E-state index contributed by atoms with van der Waals surface area (Å²) in [5.41, 5.74) is -0.159. The number of fused-ring (bicyclic) bond motifs is 6. The zero-order valence-electron chi connectivity index (χ0n) is 41.1. The summed E-state index contributed by atoms with van der Waals surface area (Å²) in [7, 11) is 7.47. The predicted octanol–water partition coefficient (Wildman–Crippen LogP) is 4.78. The summed E-state index contributed by atoms with van der Waals surface area (Å²) < 4.78 is 29.6. The fraction of sp³-hybridized carbons (Fsp3) is 0.566. The maximum atomic E-state index is 15.6. The molecule has 1 amide bonds. The van der Waals surface area contributed by atoms with Crippen molar-refractivity contribution >= 4 is 46.4 Å². The number of nitrogens with zero attached hydrogens (tertiary/aromatic N) is 4. The molecule has 7 heterocycles. The van der Waals surface area contributed by atoms with Gasteiger partial charge in [0.25, 0.3) is 5.91 Å². The number of aromatic amines is 1. The third-order valence-corrected chi connectivity index (χ3v) is 17.6. The number of hydrogen-bond donors (Lipinski definition) is 2. The average molecular weight is 949 g/mol. The van der Waals surface area contributed by atoms with Gasteiger partial charge in [0.15, 0.2) is 12.6 Å². The minimum atomic E-state index is -2.34. The first-order chi connectivity index (χ1) is 33.1. The molecule has 10 rings (SSSR count). The molecule has 6 aliphatic heterocycles. The molecule has 16 heteroatoms. The van der Waals surface area contributed by atoms with E-state index in [-0.39, 0.29) is 24.4 Å². The lowest BCUT2D eigenvalue weighted by Crippen LogP contribution is -2.81. The molecule has 3 aromatic rings. The number of carbonyl (C=O) groups excluding carboxylic acids is 5. The van der Waals surface area contributed by atoms with Gasteiger partial charge in [0.1, 0.15) is 23.8 Å². The van der Waals surface area contributed by atoms with E-state index in [1.54, 1.807) is 12.0 Å². The van der Waals surface area contributed by atoms with Gasteiger partial charge in [-0.05, 0) is 74.8 Å². The van der Waals surface area contributed by atoms with Crippen LogP contribution in [0.25, 0.3) is 10.9 Å². The second-order valence-corrected chi connectivity index (χ2v) is 20.8. The van der Waals surface area contributed by atoms with Gasteiger partial charge >= 0.3 is 23.9 Å². The Morgan fingerprint density at radius 3 is 2.42 bits per heavy atom. The first-order valence-electron chi connectivity index (χ1n) is 24.6. The number of amides is 1. The Bertz CT molecular complexity index is 2710. The van der Waals surface area contributed by atoms with Gasteiger partial charge in [0.05, 0.1) is 47.2 Å². The monoisotopic (exact) mass is 948 g/mol. The Morgan fingerprint density at radius 2 is 1.72 bits per heavy atom. The number of anilines is 1. The van der Waals surface area contributed by atoms with E-state index in [1.807, 2.05) is 61.4 Å². The van der Waals surface area contributed by atoms with Gasteiger partial charge in [0.2, 0.25) is 5.60 Å². The average Bonchev–Trinajstić information content (AvgIpc) is 4.14. The van der Waals surface area contributed by atoms with Crippen LogP contribution < -0.4 is 9.64 Å². The number of aliphatic hydroxyl groups is 1. The van der Waals surface area contributed by atoms with Gasteiger partial charge in [-0.15, -0.1) is 0 Å². The number of nitrogens with one attached hydrogen (secondary N) is 1. The number of likely N-dealkylation sites (tertiary alicyclic amines) is 1.